The number of nitrogens with one attached hydrogen (secondary N) is 1. The second-order valence-corrected chi connectivity index (χ2v) is 7.51. The first-order valence-corrected chi connectivity index (χ1v) is 9.74. The van der Waals surface area contributed by atoms with Crippen LogP contribution in [0.3, 0.4) is 0 Å². The fourth-order valence-corrected chi connectivity index (χ4v) is 3.53. The number of benzene rings is 2. The molecule has 1 fully saturated rings. The number of hydrogen-bond acceptors (Lipinski definition) is 5. The van der Waals surface area contributed by atoms with Crippen LogP contribution in [0, 0.1) is 5.92 Å². The van der Waals surface area contributed by atoms with Gasteiger partial charge in [-0.3, -0.25) is 9.78 Å². The average Bonchev–Trinajstić information content (AvgIpc) is 3.44. The van der Waals surface area contributed by atoms with Crippen LogP contribution in [0.5, 0.6) is 5.75 Å². The van der Waals surface area contributed by atoms with Crippen molar-refractivity contribution in [2.24, 2.45) is 5.92 Å². The number of rotatable bonds is 6. The zero-order valence-corrected chi connectivity index (χ0v) is 15.8. The van der Waals surface area contributed by atoms with Gasteiger partial charge in [-0.05, 0) is 48.6 Å². The maximum Gasteiger partial charge on any atom is 0.263 e. The van der Waals surface area contributed by atoms with Crippen LogP contribution in [-0.2, 0) is 6.54 Å². The third-order valence-corrected chi connectivity index (χ3v) is 5.19. The first kappa shape index (κ1) is 17.5. The molecule has 0 atom stereocenters. The van der Waals surface area contributed by atoms with Crippen LogP contribution in [0.15, 0.2) is 65.6 Å². The van der Waals surface area contributed by atoms with Crippen LogP contribution in [0.4, 0.5) is 5.95 Å². The Morgan fingerprint density at radius 2 is 1.97 bits per heavy atom. The first-order chi connectivity index (χ1) is 14.2. The minimum atomic E-state index is -0.205. The number of aromatic hydroxyl groups is 1. The van der Waals surface area contributed by atoms with Crippen molar-refractivity contribution in [1.29, 1.82) is 0 Å². The van der Waals surface area contributed by atoms with Gasteiger partial charge in [-0.15, -0.1) is 0 Å². The van der Waals surface area contributed by atoms with Gasteiger partial charge in [0.05, 0.1) is 11.9 Å². The number of anilines is 1. The zero-order chi connectivity index (χ0) is 19.8. The van der Waals surface area contributed by atoms with E-state index in [-0.39, 0.29) is 11.3 Å². The van der Waals surface area contributed by atoms with Gasteiger partial charge < -0.3 is 10.0 Å². The molecule has 4 aromatic rings. The number of fused-ring (bicyclic) bond motifs is 1. The highest BCUT2D eigenvalue weighted by molar-refractivity contribution is 5.76. The topological polar surface area (TPSA) is 87.0 Å². The summed E-state index contributed by atoms with van der Waals surface area (Å²) in [6.45, 7) is 1.36. The van der Waals surface area contributed by atoms with Gasteiger partial charge in [-0.25, -0.2) is 4.68 Å². The van der Waals surface area contributed by atoms with Crippen LogP contribution in [0.25, 0.3) is 16.7 Å². The van der Waals surface area contributed by atoms with E-state index < -0.39 is 0 Å². The van der Waals surface area contributed by atoms with Crippen molar-refractivity contribution in [3.63, 3.8) is 0 Å². The largest absolute Gasteiger partial charge is 0.508 e. The van der Waals surface area contributed by atoms with Gasteiger partial charge in [-0.2, -0.15) is 10.1 Å². The highest BCUT2D eigenvalue weighted by Crippen LogP contribution is 2.31. The van der Waals surface area contributed by atoms with Gasteiger partial charge in [0.25, 0.3) is 5.56 Å². The predicted octanol–water partition coefficient (Wildman–Crippen LogP) is 3.23. The molecule has 0 bridgehead atoms. The molecule has 0 radical (unpaired) electrons. The molecule has 1 saturated carbocycles. The molecule has 5 rings (SSSR count). The fraction of sp³-hybridized carbons (Fsp3) is 0.227. The van der Waals surface area contributed by atoms with E-state index in [1.54, 1.807) is 23.0 Å². The molecular weight excluding hydrogens is 366 g/mol. The number of H-pyrrole nitrogens is 1. The Kier molecular flexibility index (Phi) is 4.27. The Morgan fingerprint density at radius 1 is 1.14 bits per heavy atom. The minimum Gasteiger partial charge on any atom is -0.508 e. The molecule has 2 heterocycles. The lowest BCUT2D eigenvalue weighted by atomic mass is 10.2. The summed E-state index contributed by atoms with van der Waals surface area (Å²) < 4.78 is 1.69. The van der Waals surface area contributed by atoms with E-state index in [1.807, 2.05) is 42.5 Å². The second-order valence-electron chi connectivity index (χ2n) is 7.51. The molecule has 29 heavy (non-hydrogen) atoms. The van der Waals surface area contributed by atoms with Crippen molar-refractivity contribution in [3.8, 4) is 11.4 Å². The molecule has 0 aliphatic heterocycles. The van der Waals surface area contributed by atoms with Crippen molar-refractivity contribution in [2.75, 3.05) is 11.4 Å². The standard InChI is InChI=1S/C22H21N5O2/c28-18-8-4-5-16(11-18)14-26(13-15-9-10-15)22-24-20-19(21(29)25-22)12-23-27(20)17-6-2-1-3-7-17/h1-8,11-12,15,28H,9-10,13-14H2,(H,24,25,29). The van der Waals surface area contributed by atoms with Gasteiger partial charge in [0, 0.05) is 13.1 Å². The number of hydrogen-bond donors (Lipinski definition) is 2. The van der Waals surface area contributed by atoms with Crippen LogP contribution in [-0.4, -0.2) is 31.4 Å². The van der Waals surface area contributed by atoms with Crippen molar-refractivity contribution >= 4 is 17.0 Å². The first-order valence-electron chi connectivity index (χ1n) is 9.74. The van der Waals surface area contributed by atoms with E-state index >= 15 is 0 Å². The highest BCUT2D eigenvalue weighted by atomic mass is 16.3. The third kappa shape index (κ3) is 3.59. The number of aromatic amines is 1. The molecule has 2 aromatic heterocycles. The normalized spacial score (nSPS) is 13.7. The van der Waals surface area contributed by atoms with Crippen molar-refractivity contribution in [2.45, 2.75) is 19.4 Å². The molecule has 0 saturated heterocycles. The third-order valence-electron chi connectivity index (χ3n) is 5.19. The molecule has 2 aromatic carbocycles. The Bertz CT molecular complexity index is 1210. The maximum atomic E-state index is 12.7. The molecular formula is C22H21N5O2. The summed E-state index contributed by atoms with van der Waals surface area (Å²) in [6, 6.07) is 16.8. The predicted molar refractivity (Wildman–Crippen MR) is 111 cm³/mol. The van der Waals surface area contributed by atoms with Gasteiger partial charge in [0.1, 0.15) is 11.1 Å². The average molecular weight is 387 g/mol. The Morgan fingerprint density at radius 3 is 2.72 bits per heavy atom. The van der Waals surface area contributed by atoms with E-state index in [0.717, 1.165) is 17.8 Å². The number of nitrogens with zero attached hydrogens (tertiary/aromatic N) is 4. The lowest BCUT2D eigenvalue weighted by Gasteiger charge is -2.23. The Balaban J connectivity index is 1.58. The lowest BCUT2D eigenvalue weighted by Crippen LogP contribution is -2.29. The van der Waals surface area contributed by atoms with Crippen molar-refractivity contribution in [1.82, 2.24) is 19.7 Å². The number of aromatic nitrogens is 4. The van der Waals surface area contributed by atoms with Crippen LogP contribution in [0.2, 0.25) is 0 Å². The molecule has 7 nitrogen and oxygen atoms in total. The Hall–Kier alpha value is -3.61. The molecule has 7 heteroatoms. The molecule has 1 aliphatic carbocycles. The van der Waals surface area contributed by atoms with Crippen molar-refractivity contribution < 1.29 is 5.11 Å². The summed E-state index contributed by atoms with van der Waals surface area (Å²) in [6.07, 6.45) is 3.92. The van der Waals surface area contributed by atoms with E-state index in [2.05, 4.69) is 15.0 Å². The van der Waals surface area contributed by atoms with E-state index in [9.17, 15) is 9.90 Å². The summed E-state index contributed by atoms with van der Waals surface area (Å²) in [7, 11) is 0. The van der Waals surface area contributed by atoms with E-state index in [4.69, 9.17) is 4.98 Å². The maximum absolute atomic E-state index is 12.7. The monoisotopic (exact) mass is 387 g/mol. The summed E-state index contributed by atoms with van der Waals surface area (Å²) in [4.78, 5) is 22.5. The molecule has 1 aliphatic rings. The summed E-state index contributed by atoms with van der Waals surface area (Å²) in [5, 5.41) is 14.6. The quantitative estimate of drug-likeness (QED) is 0.530. The zero-order valence-electron chi connectivity index (χ0n) is 15.8. The lowest BCUT2D eigenvalue weighted by molar-refractivity contribution is 0.474. The number of phenols is 1. The second kappa shape index (κ2) is 7.09. The summed E-state index contributed by atoms with van der Waals surface area (Å²) in [5.74, 6) is 1.36. The summed E-state index contributed by atoms with van der Waals surface area (Å²) >= 11 is 0. The van der Waals surface area contributed by atoms with E-state index in [0.29, 0.717) is 29.4 Å². The number of para-hydroxylation sites is 1. The van der Waals surface area contributed by atoms with Crippen LogP contribution in [0.1, 0.15) is 18.4 Å². The molecule has 0 unspecified atom stereocenters. The smallest absolute Gasteiger partial charge is 0.263 e. The molecule has 2 N–H and O–H groups in total. The Labute approximate surface area is 167 Å². The van der Waals surface area contributed by atoms with Gasteiger partial charge in [0.2, 0.25) is 5.95 Å². The van der Waals surface area contributed by atoms with Gasteiger partial charge in [0.15, 0.2) is 5.65 Å². The fourth-order valence-electron chi connectivity index (χ4n) is 3.53. The highest BCUT2D eigenvalue weighted by Gasteiger charge is 2.26. The number of phenolic OH excluding ortho intramolecular Hbond substituents is 1. The van der Waals surface area contributed by atoms with Gasteiger partial charge >= 0.3 is 0 Å². The minimum absolute atomic E-state index is 0.205. The molecule has 0 amide bonds. The molecule has 146 valence electrons. The summed E-state index contributed by atoms with van der Waals surface area (Å²) in [5.41, 5.74) is 2.15. The van der Waals surface area contributed by atoms with Crippen molar-refractivity contribution in [3.05, 3.63) is 76.7 Å². The van der Waals surface area contributed by atoms with Gasteiger partial charge in [-0.1, -0.05) is 30.3 Å². The van der Waals surface area contributed by atoms with Crippen LogP contribution < -0.4 is 10.5 Å². The van der Waals surface area contributed by atoms with E-state index in [1.165, 1.54) is 12.8 Å². The molecule has 0 spiro atoms. The SMILES string of the molecule is O=c1[nH]c(N(Cc2cccc(O)c2)CC2CC2)nc2c1cnn2-c1ccccc1. The van der Waals surface area contributed by atoms with Crippen LogP contribution >= 0.6 is 0 Å².